The Bertz CT molecular complexity index is 898. The van der Waals surface area contributed by atoms with Crippen LogP contribution in [0.15, 0.2) is 23.1 Å². The summed E-state index contributed by atoms with van der Waals surface area (Å²) in [7, 11) is 0. The second-order valence-corrected chi connectivity index (χ2v) is 7.86. The smallest absolute Gasteiger partial charge is 0.329 e. The van der Waals surface area contributed by atoms with Crippen LogP contribution in [-0.4, -0.2) is 42.2 Å². The highest BCUT2D eigenvalue weighted by atomic mass is 16.2. The monoisotopic (exact) mass is 355 g/mol. The Hall–Kier alpha value is -2.44. The average molecular weight is 355 g/mol. The predicted molar refractivity (Wildman–Crippen MR) is 97.0 cm³/mol. The summed E-state index contributed by atoms with van der Waals surface area (Å²) in [5.41, 5.74) is 1.35. The highest BCUT2D eigenvalue weighted by Gasteiger charge is 2.42. The summed E-state index contributed by atoms with van der Waals surface area (Å²) in [6.45, 7) is 7.23. The van der Waals surface area contributed by atoms with Gasteiger partial charge in [0.1, 0.15) is 11.5 Å². The van der Waals surface area contributed by atoms with E-state index in [0.717, 1.165) is 24.2 Å². The second kappa shape index (κ2) is 6.37. The van der Waals surface area contributed by atoms with Crippen molar-refractivity contribution in [3.05, 3.63) is 45.9 Å². The summed E-state index contributed by atoms with van der Waals surface area (Å²) < 4.78 is 3.36. The van der Waals surface area contributed by atoms with Crippen molar-refractivity contribution in [3.63, 3.8) is 0 Å². The molecule has 1 saturated heterocycles. The van der Waals surface area contributed by atoms with E-state index in [1.807, 2.05) is 24.0 Å². The first-order chi connectivity index (χ1) is 12.5. The third-order valence-corrected chi connectivity index (χ3v) is 5.42. The molecular formula is C19H25N5O2. The molecule has 0 N–H and O–H groups in total. The molecule has 2 atom stereocenters. The Balaban J connectivity index is 1.66. The summed E-state index contributed by atoms with van der Waals surface area (Å²) >= 11 is 0. The molecule has 138 valence electrons. The lowest BCUT2D eigenvalue weighted by atomic mass is 10.1. The van der Waals surface area contributed by atoms with Gasteiger partial charge in [-0.15, -0.1) is 0 Å². The van der Waals surface area contributed by atoms with Gasteiger partial charge in [-0.25, -0.2) is 9.48 Å². The van der Waals surface area contributed by atoms with Crippen LogP contribution in [0.2, 0.25) is 0 Å². The molecule has 4 heterocycles. The van der Waals surface area contributed by atoms with E-state index >= 15 is 0 Å². The van der Waals surface area contributed by atoms with E-state index in [4.69, 9.17) is 0 Å². The minimum atomic E-state index is -0.0531. The van der Waals surface area contributed by atoms with E-state index in [1.165, 1.54) is 0 Å². The maximum atomic E-state index is 13.2. The molecular weight excluding hydrogens is 330 g/mol. The van der Waals surface area contributed by atoms with Gasteiger partial charge in [-0.1, -0.05) is 19.9 Å². The fourth-order valence-electron chi connectivity index (χ4n) is 4.21. The number of nitrogens with zero attached hydrogens (tertiary/aromatic N) is 5. The molecule has 2 aromatic rings. The molecule has 2 bridgehead atoms. The van der Waals surface area contributed by atoms with Gasteiger partial charge in [0.2, 0.25) is 0 Å². The fraction of sp³-hybridized carbons (Fsp3) is 0.579. The van der Waals surface area contributed by atoms with Crippen LogP contribution in [0.4, 0.5) is 0 Å². The SMILES string of the molecule is Cc1cccnc1C(=O)N1[C@@H]2CC[C@H]1Cc1nn(CC(C)C)c(=O)n1C2. The van der Waals surface area contributed by atoms with E-state index in [0.29, 0.717) is 31.1 Å². The van der Waals surface area contributed by atoms with Crippen LogP contribution in [0.3, 0.4) is 0 Å². The molecule has 0 aromatic carbocycles. The van der Waals surface area contributed by atoms with Crippen molar-refractivity contribution in [2.75, 3.05) is 0 Å². The highest BCUT2D eigenvalue weighted by molar-refractivity contribution is 5.94. The van der Waals surface area contributed by atoms with Gasteiger partial charge < -0.3 is 4.90 Å². The number of aryl methyl sites for hydroxylation is 1. The maximum absolute atomic E-state index is 13.2. The van der Waals surface area contributed by atoms with E-state index in [2.05, 4.69) is 23.9 Å². The van der Waals surface area contributed by atoms with E-state index in [1.54, 1.807) is 15.4 Å². The molecule has 0 spiro atoms. The highest BCUT2D eigenvalue weighted by Crippen LogP contribution is 2.32. The third kappa shape index (κ3) is 2.75. The van der Waals surface area contributed by atoms with Crippen molar-refractivity contribution < 1.29 is 4.79 Å². The van der Waals surface area contributed by atoms with Crippen LogP contribution < -0.4 is 5.69 Å². The van der Waals surface area contributed by atoms with Crippen molar-refractivity contribution in [1.82, 2.24) is 24.2 Å². The normalized spacial score (nSPS) is 21.8. The second-order valence-electron chi connectivity index (χ2n) is 7.86. The Morgan fingerprint density at radius 1 is 1.31 bits per heavy atom. The Labute approximate surface area is 152 Å². The summed E-state index contributed by atoms with van der Waals surface area (Å²) in [5.74, 6) is 1.15. The first-order valence-electron chi connectivity index (χ1n) is 9.36. The average Bonchev–Trinajstić information content (AvgIpc) is 3.04. The number of aromatic nitrogens is 4. The van der Waals surface area contributed by atoms with Crippen LogP contribution in [-0.2, 0) is 19.5 Å². The number of amides is 1. The zero-order chi connectivity index (χ0) is 18.4. The number of hydrogen-bond acceptors (Lipinski definition) is 4. The standard InChI is InChI=1S/C19H25N5O2/c1-12(2)10-23-19(26)22-11-15-7-6-14(9-16(22)21-23)24(15)18(25)17-13(3)5-4-8-20-17/h4-5,8,12,14-15H,6-7,9-11H2,1-3H3/t14-,15+/m0/s1. The molecule has 7 heteroatoms. The molecule has 2 aromatic heterocycles. The lowest BCUT2D eigenvalue weighted by Crippen LogP contribution is -2.43. The van der Waals surface area contributed by atoms with Crippen molar-refractivity contribution in [1.29, 1.82) is 0 Å². The van der Waals surface area contributed by atoms with E-state index in [-0.39, 0.29) is 23.7 Å². The molecule has 0 radical (unpaired) electrons. The molecule has 0 unspecified atom stereocenters. The van der Waals surface area contributed by atoms with Crippen molar-refractivity contribution in [2.24, 2.45) is 5.92 Å². The van der Waals surface area contributed by atoms with Crippen molar-refractivity contribution in [2.45, 2.75) is 65.2 Å². The van der Waals surface area contributed by atoms with Crippen LogP contribution in [0.5, 0.6) is 0 Å². The van der Waals surface area contributed by atoms with Crippen molar-refractivity contribution in [3.8, 4) is 0 Å². The summed E-state index contributed by atoms with van der Waals surface area (Å²) in [6, 6.07) is 3.87. The van der Waals surface area contributed by atoms with Gasteiger partial charge in [-0.3, -0.25) is 14.3 Å². The van der Waals surface area contributed by atoms with Gasteiger partial charge >= 0.3 is 5.69 Å². The Morgan fingerprint density at radius 3 is 2.81 bits per heavy atom. The van der Waals surface area contributed by atoms with Crippen LogP contribution in [0.25, 0.3) is 0 Å². The molecule has 7 nitrogen and oxygen atoms in total. The number of carbonyl (C=O) groups is 1. The van der Waals surface area contributed by atoms with E-state index in [9.17, 15) is 9.59 Å². The number of carbonyl (C=O) groups excluding carboxylic acids is 1. The minimum Gasteiger partial charge on any atom is -0.329 e. The maximum Gasteiger partial charge on any atom is 0.345 e. The number of hydrogen-bond donors (Lipinski definition) is 0. The summed E-state index contributed by atoms with van der Waals surface area (Å²) in [6.07, 6.45) is 4.17. The Kier molecular flexibility index (Phi) is 4.17. The zero-order valence-electron chi connectivity index (χ0n) is 15.6. The van der Waals surface area contributed by atoms with E-state index < -0.39 is 0 Å². The molecule has 0 aliphatic carbocycles. The lowest BCUT2D eigenvalue weighted by molar-refractivity contribution is 0.0657. The van der Waals surface area contributed by atoms with Crippen molar-refractivity contribution >= 4 is 5.91 Å². The van der Waals surface area contributed by atoms with Gasteiger partial charge in [0, 0.05) is 31.7 Å². The minimum absolute atomic E-state index is 0.0242. The van der Waals surface area contributed by atoms with Gasteiger partial charge in [0.25, 0.3) is 5.91 Å². The molecule has 26 heavy (non-hydrogen) atoms. The molecule has 2 aliphatic rings. The third-order valence-electron chi connectivity index (χ3n) is 5.42. The van der Waals surface area contributed by atoms with Crippen LogP contribution >= 0.6 is 0 Å². The van der Waals surface area contributed by atoms with Gasteiger partial charge in [0.15, 0.2) is 0 Å². The fourth-order valence-corrected chi connectivity index (χ4v) is 4.21. The van der Waals surface area contributed by atoms with Crippen LogP contribution in [0.1, 0.15) is 48.6 Å². The first kappa shape index (κ1) is 17.0. The molecule has 2 aliphatic heterocycles. The van der Waals surface area contributed by atoms with Gasteiger partial charge in [-0.2, -0.15) is 5.10 Å². The molecule has 0 saturated carbocycles. The molecule has 1 fully saturated rings. The molecule has 4 rings (SSSR count). The largest absolute Gasteiger partial charge is 0.345 e. The number of rotatable bonds is 3. The van der Waals surface area contributed by atoms with Gasteiger partial charge in [-0.05, 0) is 37.3 Å². The first-order valence-corrected chi connectivity index (χ1v) is 9.36. The summed E-state index contributed by atoms with van der Waals surface area (Å²) in [5, 5.41) is 4.57. The predicted octanol–water partition coefficient (Wildman–Crippen LogP) is 1.63. The number of pyridine rings is 1. The lowest BCUT2D eigenvalue weighted by Gasteiger charge is -2.28. The summed E-state index contributed by atoms with van der Waals surface area (Å²) in [4.78, 5) is 32.1. The Morgan fingerprint density at radius 2 is 2.08 bits per heavy atom. The number of fused-ring (bicyclic) bond motifs is 3. The topological polar surface area (TPSA) is 73.0 Å². The van der Waals surface area contributed by atoms with Gasteiger partial charge in [0.05, 0.1) is 6.04 Å². The van der Waals surface area contributed by atoms with Crippen LogP contribution in [0, 0.1) is 12.8 Å². The molecule has 1 amide bonds. The zero-order valence-corrected chi connectivity index (χ0v) is 15.6. The quantitative estimate of drug-likeness (QED) is 0.839.